The van der Waals surface area contributed by atoms with E-state index in [1.54, 1.807) is 0 Å². The number of ketones is 1. The Morgan fingerprint density at radius 3 is 2.62 bits per heavy atom. The van der Waals surface area contributed by atoms with E-state index in [1.165, 1.54) is 47.2 Å². The van der Waals surface area contributed by atoms with Crippen molar-refractivity contribution in [1.82, 2.24) is 10.2 Å². The second kappa shape index (κ2) is 15.0. The second-order valence-electron chi connectivity index (χ2n) is 14.3. The molecule has 1 aliphatic heterocycles. The molecule has 0 radical (unpaired) electrons. The van der Waals surface area contributed by atoms with Gasteiger partial charge in [-0.3, -0.25) is 9.69 Å². The molecule has 1 saturated carbocycles. The van der Waals surface area contributed by atoms with E-state index in [2.05, 4.69) is 78.8 Å². The van der Waals surface area contributed by atoms with Crippen LogP contribution in [0.15, 0.2) is 48.5 Å². The molecule has 0 aromatic heterocycles. The summed E-state index contributed by atoms with van der Waals surface area (Å²) in [6, 6.07) is 17.4. The Morgan fingerprint density at radius 1 is 1.02 bits per heavy atom. The van der Waals surface area contributed by atoms with Gasteiger partial charge < -0.3 is 20.1 Å². The first-order valence-corrected chi connectivity index (χ1v) is 18.1. The largest absolute Gasteiger partial charge is 0.493 e. The van der Waals surface area contributed by atoms with Gasteiger partial charge in [0.25, 0.3) is 0 Å². The van der Waals surface area contributed by atoms with Crippen molar-refractivity contribution in [1.29, 1.82) is 0 Å². The van der Waals surface area contributed by atoms with Crippen molar-refractivity contribution in [2.45, 2.75) is 97.2 Å². The Balaban J connectivity index is 1.13. The molecule has 0 amide bonds. The summed E-state index contributed by atoms with van der Waals surface area (Å²) in [5.74, 6) is 2.64. The third-order valence-electron chi connectivity index (χ3n) is 10.6. The minimum Gasteiger partial charge on any atom is -0.493 e. The van der Waals surface area contributed by atoms with E-state index < -0.39 is 0 Å². The number of anilines is 1. The first-order valence-electron chi connectivity index (χ1n) is 17.8. The van der Waals surface area contributed by atoms with Crippen molar-refractivity contribution in [3.8, 4) is 22.6 Å². The number of halogens is 1. The molecule has 3 aliphatic rings. The number of ether oxygens (including phenoxy) is 2. The van der Waals surface area contributed by atoms with Gasteiger partial charge in [-0.1, -0.05) is 41.9 Å². The van der Waals surface area contributed by atoms with Gasteiger partial charge in [0.15, 0.2) is 0 Å². The number of likely N-dealkylation sites (tertiary alicyclic amines) is 1. The highest BCUT2D eigenvalue weighted by Crippen LogP contribution is 2.43. The Hall–Kier alpha value is -3.06. The third kappa shape index (κ3) is 7.82. The molecule has 0 bridgehead atoms. The lowest BCUT2D eigenvalue weighted by atomic mass is 9.93. The second-order valence-corrected chi connectivity index (χ2v) is 14.7. The van der Waals surface area contributed by atoms with E-state index in [-0.39, 0.29) is 6.04 Å². The molecule has 252 valence electrons. The molecule has 47 heavy (non-hydrogen) atoms. The number of rotatable bonds is 14. The first kappa shape index (κ1) is 33.8. The number of Topliss-reactive ketones (excluding diaryl/α,β-unsaturated/α-hetero) is 1. The maximum absolute atomic E-state index is 11.7. The Morgan fingerprint density at radius 2 is 1.85 bits per heavy atom. The molecule has 3 aromatic rings. The van der Waals surface area contributed by atoms with Gasteiger partial charge in [-0.15, -0.1) is 0 Å². The number of hydrogen-bond donors (Lipinski definition) is 2. The highest BCUT2D eigenvalue weighted by Gasteiger charge is 2.31. The number of hydrogen-bond acceptors (Lipinski definition) is 6. The highest BCUT2D eigenvalue weighted by molar-refractivity contribution is 6.33. The summed E-state index contributed by atoms with van der Waals surface area (Å²) in [5.41, 5.74) is 8.71. The average molecular weight is 658 g/mol. The van der Waals surface area contributed by atoms with E-state index in [0.717, 1.165) is 68.1 Å². The molecule has 6 rings (SSSR count). The van der Waals surface area contributed by atoms with Crippen molar-refractivity contribution < 1.29 is 14.3 Å². The van der Waals surface area contributed by atoms with Crippen LogP contribution in [-0.2, 0) is 17.8 Å². The van der Waals surface area contributed by atoms with Crippen molar-refractivity contribution >= 4 is 23.1 Å². The van der Waals surface area contributed by atoms with Gasteiger partial charge in [-0.2, -0.15) is 0 Å². The fraction of sp³-hybridized carbons (Fsp3) is 0.525. The number of nitrogens with zero attached hydrogens (tertiary/aromatic N) is 1. The van der Waals surface area contributed by atoms with Crippen LogP contribution in [0.1, 0.15) is 94.0 Å². The molecule has 2 aliphatic carbocycles. The van der Waals surface area contributed by atoms with Gasteiger partial charge in [-0.05, 0) is 125 Å². The summed E-state index contributed by atoms with van der Waals surface area (Å²) >= 11 is 6.89. The molecular formula is C40H52ClN3O3. The molecule has 2 fully saturated rings. The quantitative estimate of drug-likeness (QED) is 0.169. The Kier molecular flexibility index (Phi) is 10.8. The van der Waals surface area contributed by atoms with Crippen LogP contribution in [0.4, 0.5) is 5.69 Å². The predicted octanol–water partition coefficient (Wildman–Crippen LogP) is 8.92. The summed E-state index contributed by atoms with van der Waals surface area (Å²) in [4.78, 5) is 14.3. The zero-order valence-electron chi connectivity index (χ0n) is 28.7. The van der Waals surface area contributed by atoms with Crippen LogP contribution in [0, 0.1) is 12.8 Å². The fourth-order valence-electron chi connectivity index (χ4n) is 7.93. The number of carbonyl (C=O) groups is 1. The lowest BCUT2D eigenvalue weighted by Crippen LogP contribution is -2.39. The van der Waals surface area contributed by atoms with Crippen molar-refractivity contribution in [2.24, 2.45) is 5.92 Å². The Labute approximate surface area is 286 Å². The standard InChI is InChI=1S/C40H52ClN3O3/c1-5-46-39-24-37(35(41)23-29(39)26-42-25-28-14-15-30(45)22-28)43-36-17-16-33-32(11-6-12-34(33)36)31-10-7-13-38(27(31)2)47-21-9-20-44-19-8-18-40(44,3)4/h6-7,10-13,23-24,28,36,42-43H,5,8-9,14-22,25-26H2,1-4H3/t28-,36?/m1/s1. The zero-order chi connectivity index (χ0) is 33.0. The van der Waals surface area contributed by atoms with E-state index >= 15 is 0 Å². The number of carbonyl (C=O) groups excluding carboxylic acids is 1. The van der Waals surface area contributed by atoms with Crippen molar-refractivity contribution in [3.05, 3.63) is 75.8 Å². The predicted molar refractivity (Wildman–Crippen MR) is 193 cm³/mol. The van der Waals surface area contributed by atoms with E-state index in [1.807, 2.05) is 13.0 Å². The van der Waals surface area contributed by atoms with Crippen LogP contribution < -0.4 is 20.1 Å². The SMILES string of the molecule is CCOc1cc(NC2CCc3c(-c4cccc(OCCCN5CCCC5(C)C)c4C)cccc32)c(Cl)cc1CNC[C@@H]1CCC(=O)C1. The van der Waals surface area contributed by atoms with E-state index in [9.17, 15) is 4.79 Å². The van der Waals surface area contributed by atoms with E-state index in [4.69, 9.17) is 21.1 Å². The zero-order valence-corrected chi connectivity index (χ0v) is 29.5. The van der Waals surface area contributed by atoms with Crippen LogP contribution >= 0.6 is 11.6 Å². The monoisotopic (exact) mass is 657 g/mol. The van der Waals surface area contributed by atoms with Gasteiger partial charge in [0.1, 0.15) is 17.3 Å². The van der Waals surface area contributed by atoms with Gasteiger partial charge in [0, 0.05) is 43.1 Å². The van der Waals surface area contributed by atoms with Gasteiger partial charge in [-0.25, -0.2) is 0 Å². The smallest absolute Gasteiger partial charge is 0.133 e. The van der Waals surface area contributed by atoms with Crippen LogP contribution in [0.3, 0.4) is 0 Å². The molecule has 7 heteroatoms. The lowest BCUT2D eigenvalue weighted by molar-refractivity contribution is -0.117. The molecule has 1 unspecified atom stereocenters. The minimum absolute atomic E-state index is 0.162. The molecule has 1 heterocycles. The summed E-state index contributed by atoms with van der Waals surface area (Å²) in [5, 5.41) is 7.99. The van der Waals surface area contributed by atoms with Crippen molar-refractivity contribution in [2.75, 3.05) is 38.2 Å². The molecule has 6 nitrogen and oxygen atoms in total. The maximum Gasteiger partial charge on any atom is 0.133 e. The highest BCUT2D eigenvalue weighted by atomic mass is 35.5. The number of nitrogens with one attached hydrogen (secondary N) is 2. The minimum atomic E-state index is 0.162. The summed E-state index contributed by atoms with van der Waals surface area (Å²) in [6.07, 6.45) is 8.00. The molecule has 1 saturated heterocycles. The van der Waals surface area contributed by atoms with Crippen LogP contribution in [0.2, 0.25) is 5.02 Å². The van der Waals surface area contributed by atoms with Gasteiger partial charge >= 0.3 is 0 Å². The van der Waals surface area contributed by atoms with Crippen LogP contribution in [-0.4, -0.2) is 49.1 Å². The molecule has 2 N–H and O–H groups in total. The van der Waals surface area contributed by atoms with Gasteiger partial charge in [0.2, 0.25) is 0 Å². The summed E-state index contributed by atoms with van der Waals surface area (Å²) in [6.45, 7) is 14.0. The topological polar surface area (TPSA) is 62.8 Å². The molecule has 0 spiro atoms. The molecule has 3 aromatic carbocycles. The maximum atomic E-state index is 11.7. The van der Waals surface area contributed by atoms with Crippen molar-refractivity contribution in [3.63, 3.8) is 0 Å². The molecule has 2 atom stereocenters. The lowest BCUT2D eigenvalue weighted by Gasteiger charge is -2.31. The average Bonchev–Trinajstić information content (AvgIpc) is 3.76. The third-order valence-corrected chi connectivity index (χ3v) is 10.9. The normalized spacial score (nSPS) is 20.5. The van der Waals surface area contributed by atoms with Gasteiger partial charge in [0.05, 0.1) is 30.0 Å². The molecular weight excluding hydrogens is 606 g/mol. The Bertz CT molecular complexity index is 1570. The van der Waals surface area contributed by atoms with Crippen LogP contribution in [0.5, 0.6) is 11.5 Å². The number of benzene rings is 3. The summed E-state index contributed by atoms with van der Waals surface area (Å²) in [7, 11) is 0. The summed E-state index contributed by atoms with van der Waals surface area (Å²) < 4.78 is 12.4. The van der Waals surface area contributed by atoms with E-state index in [0.29, 0.717) is 48.3 Å². The fourth-order valence-corrected chi connectivity index (χ4v) is 8.17. The first-order chi connectivity index (χ1) is 22.7. The number of fused-ring (bicyclic) bond motifs is 1. The van der Waals surface area contributed by atoms with Crippen LogP contribution in [0.25, 0.3) is 11.1 Å².